The number of carbonyl (C=O) groups is 1. The smallest absolute Gasteiger partial charge is 0.272 e. The highest BCUT2D eigenvalue weighted by molar-refractivity contribution is 5.92. The topological polar surface area (TPSA) is 105 Å². The van der Waals surface area contributed by atoms with E-state index in [-0.39, 0.29) is 12.5 Å². The fourth-order valence-electron chi connectivity index (χ4n) is 3.23. The van der Waals surface area contributed by atoms with Gasteiger partial charge in [0, 0.05) is 5.69 Å². The Hall–Kier alpha value is -3.29. The van der Waals surface area contributed by atoms with Crippen LogP contribution in [0.5, 0.6) is 11.5 Å². The van der Waals surface area contributed by atoms with E-state index in [0.29, 0.717) is 29.4 Å². The molecule has 2 aromatic heterocycles. The number of hydrogen-bond acceptors (Lipinski definition) is 5. The van der Waals surface area contributed by atoms with Crippen molar-refractivity contribution in [2.24, 2.45) is 0 Å². The minimum Gasteiger partial charge on any atom is -0.493 e. The molecule has 0 bridgehead atoms. The van der Waals surface area contributed by atoms with E-state index in [1.165, 1.54) is 11.3 Å². The molecule has 27 heavy (non-hydrogen) atoms. The van der Waals surface area contributed by atoms with E-state index in [0.717, 1.165) is 25.0 Å². The third kappa shape index (κ3) is 3.64. The summed E-state index contributed by atoms with van der Waals surface area (Å²) in [4.78, 5) is 12.3. The monoisotopic (exact) mass is 367 g/mol. The number of aromatic nitrogens is 4. The third-order valence-corrected chi connectivity index (χ3v) is 4.62. The van der Waals surface area contributed by atoms with E-state index in [1.54, 1.807) is 13.2 Å². The van der Waals surface area contributed by atoms with Gasteiger partial charge in [0.1, 0.15) is 12.3 Å². The number of nitrogens with zero attached hydrogens (tertiary/aromatic N) is 2. The van der Waals surface area contributed by atoms with Gasteiger partial charge in [-0.05, 0) is 43.0 Å². The lowest BCUT2D eigenvalue weighted by atomic mass is 10.2. The average molecular weight is 367 g/mol. The zero-order valence-corrected chi connectivity index (χ0v) is 15.0. The molecule has 0 saturated carbocycles. The predicted molar refractivity (Wildman–Crippen MR) is 97.7 cm³/mol. The van der Waals surface area contributed by atoms with Crippen LogP contribution in [0.15, 0.2) is 30.3 Å². The number of nitrogens with one attached hydrogen (secondary N) is 3. The highest BCUT2D eigenvalue weighted by atomic mass is 16.5. The number of fused-ring (bicyclic) bond motifs is 1. The maximum atomic E-state index is 12.3. The summed E-state index contributed by atoms with van der Waals surface area (Å²) in [5.41, 5.74) is 4.36. The standard InChI is InChI=1S/C19H21N5O3/c1-26-17-7-2-3-8-18(17)27-11-12-9-15(23-21-12)19(25)20-10-16-13-5-4-6-14(13)22-24-16/h2-3,7-9H,4-6,10-11H2,1H3,(H,20,25)(H,21,23)(H,22,24). The van der Waals surface area contributed by atoms with E-state index in [2.05, 4.69) is 25.7 Å². The molecule has 8 heteroatoms. The molecule has 3 N–H and O–H groups in total. The first kappa shape index (κ1) is 17.1. The first-order chi connectivity index (χ1) is 13.2. The Morgan fingerprint density at radius 1 is 1.19 bits per heavy atom. The second-order valence-corrected chi connectivity index (χ2v) is 6.38. The average Bonchev–Trinajstić information content (AvgIpc) is 3.42. The van der Waals surface area contributed by atoms with Crippen molar-refractivity contribution >= 4 is 5.91 Å². The fourth-order valence-corrected chi connectivity index (χ4v) is 3.23. The lowest BCUT2D eigenvalue weighted by molar-refractivity contribution is 0.0945. The van der Waals surface area contributed by atoms with Crippen LogP contribution in [0.1, 0.15) is 39.6 Å². The molecule has 0 unspecified atom stereocenters. The Bertz CT molecular complexity index is 946. The molecule has 3 aromatic rings. The van der Waals surface area contributed by atoms with Gasteiger partial charge in [0.2, 0.25) is 0 Å². The van der Waals surface area contributed by atoms with Crippen LogP contribution in [0.3, 0.4) is 0 Å². The van der Waals surface area contributed by atoms with Crippen molar-refractivity contribution in [2.75, 3.05) is 7.11 Å². The minimum absolute atomic E-state index is 0.246. The van der Waals surface area contributed by atoms with Crippen LogP contribution in [0.25, 0.3) is 0 Å². The summed E-state index contributed by atoms with van der Waals surface area (Å²) in [6.07, 6.45) is 3.19. The van der Waals surface area contributed by atoms with Crippen LogP contribution in [0, 0.1) is 0 Å². The number of ether oxygens (including phenoxy) is 2. The Morgan fingerprint density at radius 3 is 2.89 bits per heavy atom. The van der Waals surface area contributed by atoms with E-state index in [1.807, 2.05) is 24.3 Å². The van der Waals surface area contributed by atoms with Crippen molar-refractivity contribution < 1.29 is 14.3 Å². The molecular formula is C19H21N5O3. The maximum Gasteiger partial charge on any atom is 0.272 e. The van der Waals surface area contributed by atoms with E-state index < -0.39 is 0 Å². The summed E-state index contributed by atoms with van der Waals surface area (Å²) in [6, 6.07) is 9.08. The van der Waals surface area contributed by atoms with Crippen LogP contribution in [-0.4, -0.2) is 33.4 Å². The maximum absolute atomic E-state index is 12.3. The van der Waals surface area contributed by atoms with Crippen molar-refractivity contribution in [3.8, 4) is 11.5 Å². The zero-order valence-electron chi connectivity index (χ0n) is 15.0. The molecule has 140 valence electrons. The van der Waals surface area contributed by atoms with Crippen molar-refractivity contribution in [1.29, 1.82) is 0 Å². The lowest BCUT2D eigenvalue weighted by Crippen LogP contribution is -2.23. The summed E-state index contributed by atoms with van der Waals surface area (Å²) in [6.45, 7) is 0.651. The largest absolute Gasteiger partial charge is 0.493 e. The van der Waals surface area contributed by atoms with Crippen LogP contribution in [0.2, 0.25) is 0 Å². The number of aryl methyl sites for hydroxylation is 1. The molecule has 1 aliphatic rings. The van der Waals surface area contributed by atoms with E-state index in [9.17, 15) is 4.79 Å². The highest BCUT2D eigenvalue weighted by Crippen LogP contribution is 2.26. The molecule has 0 fully saturated rings. The van der Waals surface area contributed by atoms with E-state index >= 15 is 0 Å². The zero-order chi connectivity index (χ0) is 18.6. The number of aromatic amines is 2. The molecule has 1 aromatic carbocycles. The first-order valence-corrected chi connectivity index (χ1v) is 8.88. The van der Waals surface area contributed by atoms with Gasteiger partial charge in [-0.15, -0.1) is 0 Å². The van der Waals surface area contributed by atoms with Gasteiger partial charge in [-0.25, -0.2) is 0 Å². The van der Waals surface area contributed by atoms with Crippen LogP contribution < -0.4 is 14.8 Å². The van der Waals surface area contributed by atoms with Gasteiger partial charge in [-0.1, -0.05) is 12.1 Å². The first-order valence-electron chi connectivity index (χ1n) is 8.88. The Kier molecular flexibility index (Phi) is 4.78. The van der Waals surface area contributed by atoms with Gasteiger partial charge in [-0.2, -0.15) is 10.2 Å². The number of hydrogen-bond donors (Lipinski definition) is 3. The summed E-state index contributed by atoms with van der Waals surface area (Å²) >= 11 is 0. The molecule has 2 heterocycles. The molecule has 4 rings (SSSR count). The van der Waals surface area contributed by atoms with Crippen LogP contribution >= 0.6 is 0 Å². The number of methoxy groups -OCH3 is 1. The molecule has 0 atom stereocenters. The van der Waals surface area contributed by atoms with Crippen molar-refractivity contribution in [2.45, 2.75) is 32.4 Å². The number of amides is 1. The Balaban J connectivity index is 1.33. The van der Waals surface area contributed by atoms with Crippen molar-refractivity contribution in [1.82, 2.24) is 25.7 Å². The van der Waals surface area contributed by atoms with Crippen molar-refractivity contribution in [3.05, 3.63) is 58.7 Å². The van der Waals surface area contributed by atoms with Crippen LogP contribution in [-0.2, 0) is 26.0 Å². The van der Waals surface area contributed by atoms with Gasteiger partial charge in [0.05, 0.1) is 25.0 Å². The summed E-state index contributed by atoms with van der Waals surface area (Å²) in [7, 11) is 1.59. The summed E-state index contributed by atoms with van der Waals surface area (Å²) in [5, 5.41) is 17.1. The van der Waals surface area contributed by atoms with E-state index in [4.69, 9.17) is 9.47 Å². The molecule has 1 aliphatic carbocycles. The second-order valence-electron chi connectivity index (χ2n) is 6.38. The third-order valence-electron chi connectivity index (χ3n) is 4.62. The molecule has 1 amide bonds. The van der Waals surface area contributed by atoms with Gasteiger partial charge < -0.3 is 14.8 Å². The van der Waals surface area contributed by atoms with Gasteiger partial charge in [0.25, 0.3) is 5.91 Å². The molecule has 0 spiro atoms. The van der Waals surface area contributed by atoms with Gasteiger partial charge in [-0.3, -0.25) is 15.0 Å². The molecule has 0 saturated heterocycles. The number of para-hydroxylation sites is 2. The Morgan fingerprint density at radius 2 is 2.04 bits per heavy atom. The number of H-pyrrole nitrogens is 2. The second kappa shape index (κ2) is 7.53. The van der Waals surface area contributed by atoms with Crippen LogP contribution in [0.4, 0.5) is 0 Å². The molecule has 8 nitrogen and oxygen atoms in total. The normalized spacial score (nSPS) is 12.6. The highest BCUT2D eigenvalue weighted by Gasteiger charge is 2.19. The van der Waals surface area contributed by atoms with Gasteiger partial charge >= 0.3 is 0 Å². The van der Waals surface area contributed by atoms with Crippen molar-refractivity contribution in [3.63, 3.8) is 0 Å². The minimum atomic E-state index is -0.246. The SMILES string of the molecule is COc1ccccc1OCc1cc(C(=O)NCc2n[nH]c3c2CCC3)n[nH]1. The molecule has 0 radical (unpaired) electrons. The number of benzene rings is 1. The number of carbonyl (C=O) groups excluding carboxylic acids is 1. The molecule has 0 aliphatic heterocycles. The fraction of sp³-hybridized carbons (Fsp3) is 0.316. The summed E-state index contributed by atoms with van der Waals surface area (Å²) < 4.78 is 11.0. The summed E-state index contributed by atoms with van der Waals surface area (Å²) in [5.74, 6) is 1.04. The van der Waals surface area contributed by atoms with Gasteiger partial charge in [0.15, 0.2) is 11.5 Å². The lowest BCUT2D eigenvalue weighted by Gasteiger charge is -2.08. The quantitative estimate of drug-likeness (QED) is 0.593. The predicted octanol–water partition coefficient (Wildman–Crippen LogP) is 2.14. The Labute approximate surface area is 156 Å². The number of rotatable bonds is 7. The molecular weight excluding hydrogens is 346 g/mol.